The number of rotatable bonds is 2. The fourth-order valence-corrected chi connectivity index (χ4v) is 0.750. The predicted molar refractivity (Wildman–Crippen MR) is 25.5 cm³/mol. The van der Waals surface area contributed by atoms with Crippen LogP contribution in [0.25, 0.3) is 0 Å². The van der Waals surface area contributed by atoms with Gasteiger partial charge in [-0.25, -0.2) is 0 Å². The van der Waals surface area contributed by atoms with Crippen LogP contribution in [0, 0.1) is 0 Å². The summed E-state index contributed by atoms with van der Waals surface area (Å²) in [5.74, 6) is 0. The Kier molecular flexibility index (Phi) is 4.99. The van der Waals surface area contributed by atoms with E-state index in [0.29, 0.717) is 0 Å². The molecule has 0 aromatic heterocycles. The Morgan fingerprint density at radius 1 is 1.60 bits per heavy atom. The van der Waals surface area contributed by atoms with E-state index < -0.39 is 0 Å². The molecule has 0 saturated heterocycles. The summed E-state index contributed by atoms with van der Waals surface area (Å²) in [5, 5.41) is 1.22. The molecule has 0 saturated carbocycles. The summed E-state index contributed by atoms with van der Waals surface area (Å²) in [5.41, 5.74) is 0. The minimum atomic E-state index is 1.22. The van der Waals surface area contributed by atoms with E-state index >= 15 is 0 Å². The molecule has 0 N–H and O–H groups in total. The van der Waals surface area contributed by atoms with Gasteiger partial charge in [0.15, 0.2) is 0 Å². The number of hydrogen-bond acceptors (Lipinski definition) is 0. The van der Waals surface area contributed by atoms with Gasteiger partial charge in [0.1, 0.15) is 0 Å². The van der Waals surface area contributed by atoms with Crippen molar-refractivity contribution in [3.63, 3.8) is 0 Å². The summed E-state index contributed by atoms with van der Waals surface area (Å²) in [4.78, 5) is 0. The van der Waals surface area contributed by atoms with Gasteiger partial charge in [-0.15, -0.1) is 0 Å². The second kappa shape index (κ2) is 4.52. The summed E-state index contributed by atoms with van der Waals surface area (Å²) in [7, 11) is 0. The van der Waals surface area contributed by atoms with E-state index in [4.69, 9.17) is 0 Å². The van der Waals surface area contributed by atoms with E-state index in [1.807, 2.05) is 0 Å². The zero-order valence-corrected chi connectivity index (χ0v) is 5.24. The molecule has 0 aromatic rings. The molecule has 0 nitrogen and oxygen atoms in total. The second-order valence-electron chi connectivity index (χ2n) is 1.06. The average molecular weight is 136 g/mol. The molecule has 0 spiro atoms. The molecule has 0 unspecified atom stereocenters. The van der Waals surface area contributed by atoms with Crippen LogP contribution in [0.15, 0.2) is 0 Å². The molecule has 5 heavy (non-hydrogen) atoms. The first-order valence-corrected chi connectivity index (χ1v) is 3.21. The summed E-state index contributed by atoms with van der Waals surface area (Å²) in [6.45, 7) is 2.19. The molecule has 0 rings (SSSR count). The molecular formula is C4H9Se. The third-order valence-electron chi connectivity index (χ3n) is 0.498. The van der Waals surface area contributed by atoms with Crippen LogP contribution in [0.4, 0.5) is 0 Å². The number of hydrogen-bond donors (Lipinski definition) is 0. The van der Waals surface area contributed by atoms with Crippen molar-refractivity contribution in [2.24, 2.45) is 0 Å². The molecule has 31 valence electrons. The van der Waals surface area contributed by atoms with Crippen LogP contribution in [-0.2, 0) is 0 Å². The molecule has 0 aliphatic carbocycles. The van der Waals surface area contributed by atoms with E-state index in [9.17, 15) is 0 Å². The fraction of sp³-hybridized carbons (Fsp3) is 1.00. The van der Waals surface area contributed by atoms with Crippen molar-refractivity contribution < 1.29 is 0 Å². The molecule has 1 radical (unpaired) electrons. The first-order chi connectivity index (χ1) is 2.41. The average Bonchev–Trinajstić information content (AvgIpc) is 1.41. The van der Waals surface area contributed by atoms with E-state index in [-0.39, 0.29) is 0 Å². The van der Waals surface area contributed by atoms with E-state index in [2.05, 4.69) is 22.9 Å². The van der Waals surface area contributed by atoms with Crippen molar-refractivity contribution in [1.29, 1.82) is 0 Å². The Balaban J connectivity index is 2.19. The van der Waals surface area contributed by atoms with E-state index in [1.165, 1.54) is 18.2 Å². The van der Waals surface area contributed by atoms with Gasteiger partial charge in [-0.05, 0) is 0 Å². The predicted octanol–water partition coefficient (Wildman–Crippen LogP) is 1.37. The normalized spacial score (nSPS) is 8.40. The van der Waals surface area contributed by atoms with Gasteiger partial charge in [0.25, 0.3) is 0 Å². The van der Waals surface area contributed by atoms with Gasteiger partial charge in [-0.2, -0.15) is 0 Å². The Morgan fingerprint density at radius 2 is 2.20 bits per heavy atom. The molecule has 1 heteroatoms. The van der Waals surface area contributed by atoms with Crippen LogP contribution in [0.2, 0.25) is 5.32 Å². The van der Waals surface area contributed by atoms with E-state index in [0.717, 1.165) is 0 Å². The first-order valence-electron chi connectivity index (χ1n) is 2.00. The molecule has 0 aromatic carbocycles. The third kappa shape index (κ3) is 4.52. The third-order valence-corrected chi connectivity index (χ3v) is 1.10. The molecule has 0 fully saturated rings. The molecule has 0 amide bonds. The summed E-state index contributed by atoms with van der Waals surface area (Å²) >= 11 is 2.94. The summed E-state index contributed by atoms with van der Waals surface area (Å²) in [6.07, 6.45) is 2.65. The van der Waals surface area contributed by atoms with Gasteiger partial charge in [0.2, 0.25) is 0 Å². The van der Waals surface area contributed by atoms with Gasteiger partial charge in [0, 0.05) is 0 Å². The van der Waals surface area contributed by atoms with Gasteiger partial charge in [-0.1, -0.05) is 0 Å². The quantitative estimate of drug-likeness (QED) is 0.503. The summed E-state index contributed by atoms with van der Waals surface area (Å²) in [6, 6.07) is 0. The molecule has 0 atom stereocenters. The SMILES string of the molecule is CCCC[Se]. The van der Waals surface area contributed by atoms with Crippen molar-refractivity contribution >= 4 is 16.0 Å². The maximum absolute atomic E-state index is 2.94. The van der Waals surface area contributed by atoms with Crippen molar-refractivity contribution in [2.45, 2.75) is 25.1 Å². The topological polar surface area (TPSA) is 0 Å². The Labute approximate surface area is 41.8 Å². The molecule has 0 heterocycles. The first kappa shape index (κ1) is 5.52. The van der Waals surface area contributed by atoms with Crippen molar-refractivity contribution in [3.05, 3.63) is 0 Å². The van der Waals surface area contributed by atoms with Crippen molar-refractivity contribution in [1.82, 2.24) is 0 Å². The maximum atomic E-state index is 2.94. The van der Waals surface area contributed by atoms with Crippen molar-refractivity contribution in [3.8, 4) is 0 Å². The van der Waals surface area contributed by atoms with Gasteiger partial charge in [0.05, 0.1) is 0 Å². The zero-order valence-electron chi connectivity index (χ0n) is 3.53. The van der Waals surface area contributed by atoms with E-state index in [1.54, 1.807) is 0 Å². The Hall–Kier alpha value is 0.519. The van der Waals surface area contributed by atoms with Crippen LogP contribution < -0.4 is 0 Å². The van der Waals surface area contributed by atoms with Crippen LogP contribution in [0.3, 0.4) is 0 Å². The van der Waals surface area contributed by atoms with Crippen molar-refractivity contribution in [2.75, 3.05) is 0 Å². The Morgan fingerprint density at radius 3 is 2.20 bits per heavy atom. The minimum absolute atomic E-state index is 1.22. The van der Waals surface area contributed by atoms with Crippen LogP contribution in [0.1, 0.15) is 19.8 Å². The van der Waals surface area contributed by atoms with Gasteiger partial charge >= 0.3 is 41.1 Å². The molecule has 0 aliphatic rings. The molecule has 0 bridgehead atoms. The second-order valence-corrected chi connectivity index (χ2v) is 1.91. The monoisotopic (exact) mass is 137 g/mol. The van der Waals surface area contributed by atoms with Crippen LogP contribution in [-0.4, -0.2) is 16.0 Å². The molecule has 0 aliphatic heterocycles. The van der Waals surface area contributed by atoms with Crippen LogP contribution in [0.5, 0.6) is 0 Å². The standard InChI is InChI=1S/C4H9Se/c1-2-3-4-5/h2-4H2,1H3. The molecular weight excluding hydrogens is 127 g/mol. The van der Waals surface area contributed by atoms with Gasteiger partial charge < -0.3 is 0 Å². The number of unbranched alkanes of at least 4 members (excludes halogenated alkanes) is 1. The fourth-order valence-electron chi connectivity index (χ4n) is 0.144. The van der Waals surface area contributed by atoms with Crippen LogP contribution >= 0.6 is 0 Å². The zero-order chi connectivity index (χ0) is 4.12. The summed E-state index contributed by atoms with van der Waals surface area (Å²) < 4.78 is 0. The van der Waals surface area contributed by atoms with Gasteiger partial charge in [-0.3, -0.25) is 0 Å². The Bertz CT molecular complexity index is 11.1.